The van der Waals surface area contributed by atoms with E-state index in [0.717, 1.165) is 68.6 Å². The van der Waals surface area contributed by atoms with Crippen molar-refractivity contribution in [1.29, 1.82) is 0 Å². The number of hydrogen-bond acceptors (Lipinski definition) is 8. The summed E-state index contributed by atoms with van der Waals surface area (Å²) in [7, 11) is 4.33. The van der Waals surface area contributed by atoms with E-state index in [1.54, 1.807) is 21.6 Å². The minimum Gasteiger partial charge on any atom is -0.386 e. The van der Waals surface area contributed by atoms with Crippen LogP contribution < -0.4 is 15.8 Å². The summed E-state index contributed by atoms with van der Waals surface area (Å²) in [5.41, 5.74) is 5.33. The lowest BCUT2D eigenvalue weighted by atomic mass is 9.82. The van der Waals surface area contributed by atoms with E-state index in [1.165, 1.54) is 11.3 Å². The lowest BCUT2D eigenvalue weighted by molar-refractivity contribution is 0.0734. The normalized spacial score (nSPS) is 19.7. The Morgan fingerprint density at radius 2 is 1.93 bits per heavy atom. The highest BCUT2D eigenvalue weighted by Gasteiger charge is 2.52. The minimum absolute atomic E-state index is 0.0340. The number of anilines is 3. The second-order valence-electron chi connectivity index (χ2n) is 12.7. The van der Waals surface area contributed by atoms with Gasteiger partial charge in [-0.15, -0.1) is 6.58 Å². The van der Waals surface area contributed by atoms with Crippen molar-refractivity contribution in [3.05, 3.63) is 76.4 Å². The zero-order chi connectivity index (χ0) is 29.9. The number of fused-ring (bicyclic) bond motifs is 2. The van der Waals surface area contributed by atoms with E-state index < -0.39 is 6.10 Å². The Kier molecular flexibility index (Phi) is 6.85. The van der Waals surface area contributed by atoms with Crippen LogP contribution in [0.1, 0.15) is 55.0 Å². The maximum Gasteiger partial charge on any atom is 0.278 e. The van der Waals surface area contributed by atoms with Crippen LogP contribution in [0.4, 0.5) is 17.3 Å². The van der Waals surface area contributed by atoms with Crippen molar-refractivity contribution in [3.63, 3.8) is 0 Å². The van der Waals surface area contributed by atoms with Gasteiger partial charge in [-0.05, 0) is 94.9 Å². The first-order valence-corrected chi connectivity index (χ1v) is 15.3. The van der Waals surface area contributed by atoms with Crippen LogP contribution in [0.3, 0.4) is 0 Å². The molecule has 3 aliphatic rings. The molecule has 0 radical (unpaired) electrons. The van der Waals surface area contributed by atoms with Gasteiger partial charge in [0.15, 0.2) is 11.5 Å². The van der Waals surface area contributed by atoms with Crippen molar-refractivity contribution in [2.75, 3.05) is 37.4 Å². The number of rotatable bonds is 7. The monoisotopic (exact) mass is 580 g/mol. The van der Waals surface area contributed by atoms with Crippen LogP contribution in [0, 0.1) is 12.3 Å². The molecule has 2 aliphatic carbocycles. The lowest BCUT2D eigenvalue weighted by Crippen LogP contribution is -2.42. The predicted octanol–water partition coefficient (Wildman–Crippen LogP) is 4.51. The first kappa shape index (κ1) is 27.8. The van der Waals surface area contributed by atoms with Gasteiger partial charge in [-0.3, -0.25) is 4.79 Å². The Hall–Kier alpha value is -4.02. The molecule has 1 saturated heterocycles. The molecule has 4 aromatic rings. The molecule has 2 N–H and O–H groups in total. The van der Waals surface area contributed by atoms with Gasteiger partial charge in [0.25, 0.3) is 5.56 Å². The van der Waals surface area contributed by atoms with E-state index in [-0.39, 0.29) is 17.5 Å². The number of benzene rings is 1. The Morgan fingerprint density at radius 1 is 1.14 bits per heavy atom. The number of pyridine rings is 1. The minimum atomic E-state index is -0.588. The Bertz CT molecular complexity index is 1760. The van der Waals surface area contributed by atoms with Gasteiger partial charge < -0.3 is 20.2 Å². The van der Waals surface area contributed by atoms with Crippen LogP contribution >= 0.6 is 0 Å². The molecule has 1 atom stereocenters. The molecule has 0 amide bonds. The fourth-order valence-electron chi connectivity index (χ4n) is 7.00. The molecule has 10 nitrogen and oxygen atoms in total. The second kappa shape index (κ2) is 10.6. The molecule has 1 aromatic carbocycles. The molecule has 7 rings (SSSR count). The smallest absolute Gasteiger partial charge is 0.278 e. The maximum absolute atomic E-state index is 13.4. The van der Waals surface area contributed by atoms with Crippen molar-refractivity contribution in [2.45, 2.75) is 64.1 Å². The quantitative estimate of drug-likeness (QED) is 0.308. The first-order chi connectivity index (χ1) is 20.8. The first-order valence-electron chi connectivity index (χ1n) is 15.3. The number of aromatic nitrogens is 5. The van der Waals surface area contributed by atoms with Crippen LogP contribution in [-0.4, -0.2) is 67.5 Å². The van der Waals surface area contributed by atoms with Gasteiger partial charge in [0, 0.05) is 42.1 Å². The third kappa shape index (κ3) is 4.82. The van der Waals surface area contributed by atoms with Crippen molar-refractivity contribution < 1.29 is 5.11 Å². The molecule has 43 heavy (non-hydrogen) atoms. The number of piperidine rings is 1. The van der Waals surface area contributed by atoms with E-state index in [9.17, 15) is 9.90 Å². The van der Waals surface area contributed by atoms with Crippen LogP contribution in [0.15, 0.2) is 54.0 Å². The third-order valence-electron chi connectivity index (χ3n) is 9.80. The summed E-state index contributed by atoms with van der Waals surface area (Å²) in [6, 6.07) is 10.9. The summed E-state index contributed by atoms with van der Waals surface area (Å²) < 4.78 is 3.31. The molecule has 3 aromatic heterocycles. The summed E-state index contributed by atoms with van der Waals surface area (Å²) in [6.45, 7) is 8.37. The topological polar surface area (TPSA) is 104 Å². The van der Waals surface area contributed by atoms with Gasteiger partial charge >= 0.3 is 0 Å². The Balaban J connectivity index is 1.21. The van der Waals surface area contributed by atoms with E-state index in [2.05, 4.69) is 65.9 Å². The van der Waals surface area contributed by atoms with E-state index in [0.29, 0.717) is 28.8 Å². The molecule has 2 fully saturated rings. The number of allylic oxidation sites excluding steroid dienone is 1. The maximum atomic E-state index is 13.4. The number of aryl methyl sites for hydroxylation is 2. The molecule has 0 unspecified atom stereocenters. The molecule has 1 spiro atoms. The van der Waals surface area contributed by atoms with Crippen molar-refractivity contribution in [3.8, 4) is 5.82 Å². The summed E-state index contributed by atoms with van der Waals surface area (Å²) in [4.78, 5) is 32.5. The fourth-order valence-corrected chi connectivity index (χ4v) is 7.00. The van der Waals surface area contributed by atoms with Gasteiger partial charge in [0.1, 0.15) is 11.5 Å². The molecular formula is C33H40N8O2. The highest BCUT2D eigenvalue weighted by molar-refractivity contribution is 5.77. The van der Waals surface area contributed by atoms with Crippen molar-refractivity contribution in [2.24, 2.45) is 5.41 Å². The average molecular weight is 581 g/mol. The number of nitrogens with one attached hydrogen (secondary N) is 1. The molecule has 10 heteroatoms. The highest BCUT2D eigenvalue weighted by atomic mass is 16.3. The highest BCUT2D eigenvalue weighted by Crippen LogP contribution is 2.60. The van der Waals surface area contributed by atoms with Gasteiger partial charge in [-0.1, -0.05) is 12.1 Å². The second-order valence-corrected chi connectivity index (χ2v) is 12.7. The number of aliphatic hydroxyl groups excluding tert-OH is 1. The standard InChI is InChI=1S/C33H40N8O2/c1-5-16-40-31(43)25-20-34-32(35-23-7-8-26(21(2)19-23)39-17-11-24(12-18-39)38(3)4)37-30(25)41(40)27-9-6-22-10-13-33(14-15-33)29(42)28(22)36-27/h5-9,19-20,24,29,42H,1,10-18H2,2-4H3,(H,34,35,37)/t29-/m0/s1. The third-order valence-corrected chi connectivity index (χ3v) is 9.80. The number of nitrogens with zero attached hydrogens (tertiary/aromatic N) is 7. The molecule has 1 saturated carbocycles. The zero-order valence-corrected chi connectivity index (χ0v) is 25.3. The molecular weight excluding hydrogens is 540 g/mol. The molecule has 224 valence electrons. The van der Waals surface area contributed by atoms with E-state index in [4.69, 9.17) is 9.97 Å². The lowest BCUT2D eigenvalue weighted by Gasteiger charge is -2.37. The van der Waals surface area contributed by atoms with Gasteiger partial charge in [-0.25, -0.2) is 19.3 Å². The molecule has 4 heterocycles. The summed E-state index contributed by atoms with van der Waals surface area (Å²) >= 11 is 0. The van der Waals surface area contributed by atoms with E-state index in [1.807, 2.05) is 12.1 Å². The molecule has 1 aliphatic heterocycles. The summed E-state index contributed by atoms with van der Waals surface area (Å²) in [6.07, 6.45) is 8.96. The van der Waals surface area contributed by atoms with Crippen LogP contribution in [0.2, 0.25) is 0 Å². The molecule has 0 bridgehead atoms. The van der Waals surface area contributed by atoms with E-state index >= 15 is 0 Å². The van der Waals surface area contributed by atoms with Crippen molar-refractivity contribution >= 4 is 28.4 Å². The van der Waals surface area contributed by atoms with Crippen LogP contribution in [0.5, 0.6) is 0 Å². The predicted molar refractivity (Wildman–Crippen MR) is 169 cm³/mol. The Labute approximate surface area is 251 Å². The average Bonchev–Trinajstić information content (AvgIpc) is 3.74. The van der Waals surface area contributed by atoms with Crippen molar-refractivity contribution in [1.82, 2.24) is 29.2 Å². The largest absolute Gasteiger partial charge is 0.386 e. The Morgan fingerprint density at radius 3 is 2.63 bits per heavy atom. The SMILES string of the molecule is C=CCn1c(=O)c2cnc(Nc3ccc(N4CCC(N(C)C)CC4)c(C)c3)nc2n1-c1ccc2c(n1)[C@H](O)C1(CC2)CC1. The van der Waals surface area contributed by atoms with Gasteiger partial charge in [0.2, 0.25) is 5.95 Å². The number of aliphatic hydroxyl groups is 1. The van der Waals surface area contributed by atoms with Crippen LogP contribution in [0.25, 0.3) is 16.9 Å². The summed E-state index contributed by atoms with van der Waals surface area (Å²) in [5.74, 6) is 0.943. The zero-order valence-electron chi connectivity index (χ0n) is 25.3. The fraction of sp³-hybridized carbons (Fsp3) is 0.455. The van der Waals surface area contributed by atoms with Gasteiger partial charge in [-0.2, -0.15) is 4.98 Å². The summed E-state index contributed by atoms with van der Waals surface area (Å²) in [5, 5.41) is 14.9. The van der Waals surface area contributed by atoms with Crippen LogP contribution in [-0.2, 0) is 13.0 Å². The van der Waals surface area contributed by atoms with Gasteiger partial charge in [0.05, 0.1) is 12.2 Å². The number of hydrogen-bond donors (Lipinski definition) is 2.